The molecule has 0 unspecified atom stereocenters. The van der Waals surface area contributed by atoms with Crippen LogP contribution in [0.4, 0.5) is 0 Å². The Balaban J connectivity index is 1.27. The van der Waals surface area contributed by atoms with Gasteiger partial charge in [0, 0.05) is 25.0 Å². The van der Waals surface area contributed by atoms with Crippen molar-refractivity contribution in [1.82, 2.24) is 15.2 Å². The lowest BCUT2D eigenvalue weighted by Gasteiger charge is -2.22. The molecular weight excluding hydrogens is 498 g/mol. The SMILES string of the molecule is CCCNC(=O)c1csc(CN(Cc2ccc(OCc3ccccc3)cc2)Cc2ccc3c(c2)OCO3)n1. The summed E-state index contributed by atoms with van der Waals surface area (Å²) in [5.41, 5.74) is 3.89. The number of amides is 1. The van der Waals surface area contributed by atoms with Crippen molar-refractivity contribution in [2.24, 2.45) is 0 Å². The molecule has 38 heavy (non-hydrogen) atoms. The Hall–Kier alpha value is -3.88. The summed E-state index contributed by atoms with van der Waals surface area (Å²) in [6.07, 6.45) is 0.891. The van der Waals surface area contributed by atoms with Crippen LogP contribution in [0.2, 0.25) is 0 Å². The van der Waals surface area contributed by atoms with Crippen molar-refractivity contribution in [2.45, 2.75) is 39.6 Å². The summed E-state index contributed by atoms with van der Waals surface area (Å²) < 4.78 is 17.0. The molecule has 5 rings (SSSR count). The van der Waals surface area contributed by atoms with Gasteiger partial charge in [0.15, 0.2) is 11.5 Å². The summed E-state index contributed by atoms with van der Waals surface area (Å²) in [5, 5.41) is 5.63. The molecule has 196 valence electrons. The van der Waals surface area contributed by atoms with E-state index in [9.17, 15) is 4.79 Å². The van der Waals surface area contributed by atoms with E-state index >= 15 is 0 Å². The summed E-state index contributed by atoms with van der Waals surface area (Å²) in [7, 11) is 0. The summed E-state index contributed by atoms with van der Waals surface area (Å²) in [4.78, 5) is 19.3. The van der Waals surface area contributed by atoms with E-state index in [1.54, 1.807) is 0 Å². The molecule has 8 heteroatoms. The van der Waals surface area contributed by atoms with Gasteiger partial charge in [0.2, 0.25) is 6.79 Å². The van der Waals surface area contributed by atoms with Crippen molar-refractivity contribution in [1.29, 1.82) is 0 Å². The van der Waals surface area contributed by atoms with Crippen LogP contribution in [0.1, 0.15) is 45.5 Å². The lowest BCUT2D eigenvalue weighted by atomic mass is 10.1. The topological polar surface area (TPSA) is 72.9 Å². The molecule has 1 N–H and O–H groups in total. The fraction of sp³-hybridized carbons (Fsp3) is 0.267. The second-order valence-corrected chi connectivity index (χ2v) is 10.1. The van der Waals surface area contributed by atoms with Crippen molar-refractivity contribution in [3.8, 4) is 17.2 Å². The summed E-state index contributed by atoms with van der Waals surface area (Å²) in [6.45, 7) is 5.49. The molecular formula is C30H31N3O4S. The van der Waals surface area contributed by atoms with Gasteiger partial charge in [-0.2, -0.15) is 0 Å². The highest BCUT2D eigenvalue weighted by Crippen LogP contribution is 2.33. The maximum atomic E-state index is 12.4. The lowest BCUT2D eigenvalue weighted by molar-refractivity contribution is 0.0949. The van der Waals surface area contributed by atoms with E-state index in [0.29, 0.717) is 38.5 Å². The van der Waals surface area contributed by atoms with Gasteiger partial charge in [-0.05, 0) is 47.4 Å². The van der Waals surface area contributed by atoms with Gasteiger partial charge in [-0.3, -0.25) is 9.69 Å². The summed E-state index contributed by atoms with van der Waals surface area (Å²) in [5.74, 6) is 2.26. The third-order valence-corrected chi connectivity index (χ3v) is 6.93. The van der Waals surface area contributed by atoms with Crippen molar-refractivity contribution < 1.29 is 19.0 Å². The highest BCUT2D eigenvalue weighted by Gasteiger charge is 2.17. The summed E-state index contributed by atoms with van der Waals surface area (Å²) >= 11 is 1.51. The van der Waals surface area contributed by atoms with Crippen molar-refractivity contribution in [3.63, 3.8) is 0 Å². The summed E-state index contributed by atoms with van der Waals surface area (Å²) in [6, 6.07) is 24.4. The zero-order valence-corrected chi connectivity index (χ0v) is 22.2. The predicted octanol–water partition coefficient (Wildman–Crippen LogP) is 5.79. The molecule has 2 heterocycles. The number of aromatic nitrogens is 1. The average molecular weight is 530 g/mol. The van der Waals surface area contributed by atoms with Gasteiger partial charge in [-0.1, -0.05) is 55.5 Å². The first-order chi connectivity index (χ1) is 18.7. The number of carbonyl (C=O) groups excluding carboxylic acids is 1. The molecule has 0 saturated heterocycles. The molecule has 7 nitrogen and oxygen atoms in total. The first kappa shape index (κ1) is 25.8. The maximum absolute atomic E-state index is 12.4. The number of nitrogens with zero attached hydrogens (tertiary/aromatic N) is 2. The number of hydrogen-bond donors (Lipinski definition) is 1. The highest BCUT2D eigenvalue weighted by molar-refractivity contribution is 7.09. The van der Waals surface area contributed by atoms with Gasteiger partial charge in [0.25, 0.3) is 5.91 Å². The van der Waals surface area contributed by atoms with Gasteiger partial charge in [0.05, 0.1) is 6.54 Å². The van der Waals surface area contributed by atoms with E-state index in [4.69, 9.17) is 14.2 Å². The molecule has 0 atom stereocenters. The Labute approximate surface area is 227 Å². The van der Waals surface area contributed by atoms with Crippen LogP contribution in [0.3, 0.4) is 0 Å². The van der Waals surface area contributed by atoms with E-state index in [0.717, 1.165) is 45.4 Å². The minimum atomic E-state index is -0.122. The largest absolute Gasteiger partial charge is 0.489 e. The Bertz CT molecular complexity index is 1340. The number of rotatable bonds is 12. The first-order valence-corrected chi connectivity index (χ1v) is 13.6. The van der Waals surface area contributed by atoms with Crippen molar-refractivity contribution in [3.05, 3.63) is 106 Å². The van der Waals surface area contributed by atoms with Crippen LogP contribution in [0.5, 0.6) is 17.2 Å². The molecule has 1 aliphatic heterocycles. The van der Waals surface area contributed by atoms with Crippen LogP contribution in [-0.4, -0.2) is 29.1 Å². The highest BCUT2D eigenvalue weighted by atomic mass is 32.1. The van der Waals surface area contributed by atoms with Crippen LogP contribution < -0.4 is 19.5 Å². The average Bonchev–Trinajstić information content (AvgIpc) is 3.61. The second-order valence-electron chi connectivity index (χ2n) is 9.13. The maximum Gasteiger partial charge on any atom is 0.270 e. The Morgan fingerprint density at radius 2 is 1.71 bits per heavy atom. The van der Waals surface area contributed by atoms with Crippen LogP contribution in [0, 0.1) is 0 Å². The first-order valence-electron chi connectivity index (χ1n) is 12.8. The predicted molar refractivity (Wildman–Crippen MR) is 147 cm³/mol. The van der Waals surface area contributed by atoms with Gasteiger partial charge in [-0.15, -0.1) is 11.3 Å². The van der Waals surface area contributed by atoms with Crippen LogP contribution in [0.25, 0.3) is 0 Å². The van der Waals surface area contributed by atoms with E-state index in [-0.39, 0.29) is 12.7 Å². The smallest absolute Gasteiger partial charge is 0.270 e. The van der Waals surface area contributed by atoms with E-state index < -0.39 is 0 Å². The Kier molecular flexibility index (Phi) is 8.53. The molecule has 0 spiro atoms. The number of carbonyl (C=O) groups is 1. The molecule has 0 saturated carbocycles. The van der Waals surface area contributed by atoms with E-state index in [1.807, 2.05) is 54.8 Å². The van der Waals surface area contributed by atoms with Crippen molar-refractivity contribution in [2.75, 3.05) is 13.3 Å². The minimum Gasteiger partial charge on any atom is -0.489 e. The molecule has 1 aromatic heterocycles. The normalized spacial score (nSPS) is 12.1. The van der Waals surface area contributed by atoms with Crippen LogP contribution in [0.15, 0.2) is 78.2 Å². The van der Waals surface area contributed by atoms with E-state index in [1.165, 1.54) is 11.3 Å². The number of fused-ring (bicyclic) bond motifs is 1. The standard InChI is InChI=1S/C30H31N3O4S/c1-2-14-31-30(34)26-20-38-29(32-26)18-33(17-24-10-13-27-28(15-24)37-21-36-27)16-22-8-11-25(12-9-22)35-19-23-6-4-3-5-7-23/h3-13,15,20H,2,14,16-19,21H2,1H3,(H,31,34). The quantitative estimate of drug-likeness (QED) is 0.250. The number of benzene rings is 3. The van der Waals surface area contributed by atoms with Gasteiger partial charge in [0.1, 0.15) is 23.1 Å². The number of hydrogen-bond acceptors (Lipinski definition) is 7. The third kappa shape index (κ3) is 6.90. The zero-order chi connectivity index (χ0) is 26.2. The minimum absolute atomic E-state index is 0.122. The van der Waals surface area contributed by atoms with Crippen LogP contribution in [-0.2, 0) is 26.2 Å². The molecule has 4 aromatic rings. The monoisotopic (exact) mass is 529 g/mol. The number of nitrogens with one attached hydrogen (secondary N) is 1. The van der Waals surface area contributed by atoms with Gasteiger partial charge >= 0.3 is 0 Å². The number of thiazole rings is 1. The fourth-order valence-electron chi connectivity index (χ4n) is 4.16. The van der Waals surface area contributed by atoms with Crippen LogP contribution >= 0.6 is 11.3 Å². The molecule has 0 aliphatic carbocycles. The molecule has 0 radical (unpaired) electrons. The van der Waals surface area contributed by atoms with Gasteiger partial charge in [-0.25, -0.2) is 4.98 Å². The van der Waals surface area contributed by atoms with Crippen molar-refractivity contribution >= 4 is 17.2 Å². The van der Waals surface area contributed by atoms with Gasteiger partial charge < -0.3 is 19.5 Å². The molecule has 1 amide bonds. The molecule has 0 bridgehead atoms. The number of ether oxygens (including phenoxy) is 3. The Morgan fingerprint density at radius 3 is 2.53 bits per heavy atom. The molecule has 1 aliphatic rings. The third-order valence-electron chi connectivity index (χ3n) is 6.10. The van der Waals surface area contributed by atoms with E-state index in [2.05, 4.69) is 45.5 Å². The second kappa shape index (κ2) is 12.6. The fourth-order valence-corrected chi connectivity index (χ4v) is 4.98. The Morgan fingerprint density at radius 1 is 0.947 bits per heavy atom. The zero-order valence-electron chi connectivity index (χ0n) is 21.4. The molecule has 3 aromatic carbocycles. The molecule has 0 fully saturated rings. The lowest BCUT2D eigenvalue weighted by Crippen LogP contribution is -2.25.